The highest BCUT2D eigenvalue weighted by atomic mass is 35.5. The van der Waals surface area contributed by atoms with Crippen LogP contribution in [-0.2, 0) is 4.74 Å². The van der Waals surface area contributed by atoms with Crippen LogP contribution in [0.2, 0.25) is 5.02 Å². The maximum Gasteiger partial charge on any atom is 0.0475 e. The molecule has 0 aliphatic carbocycles. The summed E-state index contributed by atoms with van der Waals surface area (Å²) in [6.07, 6.45) is 1.88. The molecule has 4 heteroatoms. The Balaban J connectivity index is 2.51. The predicted molar refractivity (Wildman–Crippen MR) is 67.2 cm³/mol. The van der Waals surface area contributed by atoms with Gasteiger partial charge >= 0.3 is 0 Å². The Kier molecular flexibility index (Phi) is 6.42. The molecule has 0 saturated carbocycles. The topological polar surface area (TPSA) is 47.3 Å². The third-order valence-corrected chi connectivity index (χ3v) is 2.81. The fourth-order valence-electron chi connectivity index (χ4n) is 1.62. The van der Waals surface area contributed by atoms with Crippen LogP contribution in [0.1, 0.15) is 31.4 Å². The fraction of sp³-hybridized carbons (Fsp3) is 0.500. The maximum absolute atomic E-state index is 6.11. The Morgan fingerprint density at radius 1 is 1.44 bits per heavy atom. The van der Waals surface area contributed by atoms with Gasteiger partial charge in [0, 0.05) is 24.3 Å². The van der Waals surface area contributed by atoms with E-state index in [0.717, 1.165) is 36.6 Å². The quantitative estimate of drug-likeness (QED) is 0.439. The van der Waals surface area contributed by atoms with E-state index in [1.54, 1.807) is 0 Å². The highest BCUT2D eigenvalue weighted by molar-refractivity contribution is 6.31. The molecular weight excluding hydrogens is 224 g/mol. The van der Waals surface area contributed by atoms with Crippen LogP contribution in [0.25, 0.3) is 0 Å². The minimum Gasteiger partial charge on any atom is -0.382 e. The molecule has 0 radical (unpaired) electrons. The van der Waals surface area contributed by atoms with Crippen LogP contribution in [0.3, 0.4) is 0 Å². The van der Waals surface area contributed by atoms with Gasteiger partial charge in [-0.3, -0.25) is 11.3 Å². The standard InChI is InChI=1S/C12H19ClN2O/c1-2-16-9-5-8-12(15-14)10-6-3-4-7-11(10)13/h3-4,6-7,12,15H,2,5,8-9,14H2,1H3. The molecule has 0 heterocycles. The van der Waals surface area contributed by atoms with Gasteiger partial charge in [-0.15, -0.1) is 0 Å². The largest absolute Gasteiger partial charge is 0.382 e. The molecule has 0 spiro atoms. The van der Waals surface area contributed by atoms with E-state index >= 15 is 0 Å². The van der Waals surface area contributed by atoms with Crippen molar-refractivity contribution in [1.82, 2.24) is 5.43 Å². The lowest BCUT2D eigenvalue weighted by atomic mass is 10.0. The minimum absolute atomic E-state index is 0.0918. The van der Waals surface area contributed by atoms with Gasteiger partial charge < -0.3 is 4.74 Å². The molecule has 1 aromatic carbocycles. The zero-order chi connectivity index (χ0) is 11.8. The summed E-state index contributed by atoms with van der Waals surface area (Å²) < 4.78 is 5.29. The van der Waals surface area contributed by atoms with Crippen LogP contribution in [0.4, 0.5) is 0 Å². The Labute approximate surface area is 102 Å². The number of benzene rings is 1. The smallest absolute Gasteiger partial charge is 0.0475 e. The van der Waals surface area contributed by atoms with Crippen molar-refractivity contribution < 1.29 is 4.74 Å². The minimum atomic E-state index is 0.0918. The second kappa shape index (κ2) is 7.63. The van der Waals surface area contributed by atoms with E-state index < -0.39 is 0 Å². The number of rotatable bonds is 7. The first-order chi connectivity index (χ1) is 7.79. The molecule has 3 N–H and O–H groups in total. The molecule has 1 unspecified atom stereocenters. The van der Waals surface area contributed by atoms with Gasteiger partial charge in [0.05, 0.1) is 0 Å². The highest BCUT2D eigenvalue weighted by Crippen LogP contribution is 2.25. The van der Waals surface area contributed by atoms with E-state index in [1.165, 1.54) is 0 Å². The Hall–Kier alpha value is -0.610. The molecule has 16 heavy (non-hydrogen) atoms. The zero-order valence-corrected chi connectivity index (χ0v) is 10.3. The van der Waals surface area contributed by atoms with Crippen LogP contribution in [0, 0.1) is 0 Å². The molecule has 1 aromatic rings. The Bertz CT molecular complexity index is 307. The molecule has 0 fully saturated rings. The van der Waals surface area contributed by atoms with Crippen molar-refractivity contribution in [1.29, 1.82) is 0 Å². The van der Waals surface area contributed by atoms with Crippen LogP contribution in [0.15, 0.2) is 24.3 Å². The van der Waals surface area contributed by atoms with E-state index in [4.69, 9.17) is 22.2 Å². The number of hydrazine groups is 1. The second-order valence-electron chi connectivity index (χ2n) is 3.58. The summed E-state index contributed by atoms with van der Waals surface area (Å²) in [6, 6.07) is 7.85. The average molecular weight is 243 g/mol. The summed E-state index contributed by atoms with van der Waals surface area (Å²) >= 11 is 6.11. The van der Waals surface area contributed by atoms with Gasteiger partial charge in [-0.1, -0.05) is 29.8 Å². The van der Waals surface area contributed by atoms with Crippen molar-refractivity contribution in [3.05, 3.63) is 34.9 Å². The third kappa shape index (κ3) is 4.10. The molecule has 0 saturated heterocycles. The first-order valence-electron chi connectivity index (χ1n) is 5.58. The number of halogens is 1. The summed E-state index contributed by atoms with van der Waals surface area (Å²) in [5.74, 6) is 5.54. The Morgan fingerprint density at radius 2 is 2.19 bits per heavy atom. The van der Waals surface area contributed by atoms with E-state index in [1.807, 2.05) is 31.2 Å². The lowest BCUT2D eigenvalue weighted by Crippen LogP contribution is -2.28. The molecule has 0 aromatic heterocycles. The molecular formula is C12H19ClN2O. The average Bonchev–Trinajstić information content (AvgIpc) is 2.31. The van der Waals surface area contributed by atoms with Crippen molar-refractivity contribution >= 4 is 11.6 Å². The van der Waals surface area contributed by atoms with Crippen LogP contribution in [0.5, 0.6) is 0 Å². The molecule has 1 rings (SSSR count). The van der Waals surface area contributed by atoms with E-state index in [0.29, 0.717) is 0 Å². The summed E-state index contributed by atoms with van der Waals surface area (Å²) in [7, 11) is 0. The molecule has 90 valence electrons. The van der Waals surface area contributed by atoms with Gasteiger partial charge in [0.1, 0.15) is 0 Å². The maximum atomic E-state index is 6.11. The predicted octanol–water partition coefficient (Wildman–Crippen LogP) is 2.66. The van der Waals surface area contributed by atoms with E-state index in [-0.39, 0.29) is 6.04 Å². The lowest BCUT2D eigenvalue weighted by molar-refractivity contribution is 0.141. The first-order valence-corrected chi connectivity index (χ1v) is 5.95. The van der Waals surface area contributed by atoms with E-state index in [2.05, 4.69) is 5.43 Å². The Morgan fingerprint density at radius 3 is 2.81 bits per heavy atom. The van der Waals surface area contributed by atoms with Gasteiger partial charge in [-0.25, -0.2) is 0 Å². The summed E-state index contributed by atoms with van der Waals surface area (Å²) in [5, 5.41) is 0.752. The van der Waals surface area contributed by atoms with Gasteiger partial charge in [0.15, 0.2) is 0 Å². The highest BCUT2D eigenvalue weighted by Gasteiger charge is 2.11. The van der Waals surface area contributed by atoms with Gasteiger partial charge in [0.25, 0.3) is 0 Å². The fourth-order valence-corrected chi connectivity index (χ4v) is 1.89. The van der Waals surface area contributed by atoms with Crippen LogP contribution in [-0.4, -0.2) is 13.2 Å². The monoisotopic (exact) mass is 242 g/mol. The molecule has 0 bridgehead atoms. The van der Waals surface area contributed by atoms with Crippen LogP contribution < -0.4 is 11.3 Å². The SMILES string of the molecule is CCOCCCC(NN)c1ccccc1Cl. The van der Waals surface area contributed by atoms with Gasteiger partial charge in [0.2, 0.25) is 0 Å². The first kappa shape index (κ1) is 13.5. The van der Waals surface area contributed by atoms with Crippen molar-refractivity contribution in [3.63, 3.8) is 0 Å². The number of ether oxygens (including phenoxy) is 1. The van der Waals surface area contributed by atoms with Gasteiger partial charge in [-0.2, -0.15) is 0 Å². The molecule has 0 aliphatic heterocycles. The normalized spacial score (nSPS) is 12.7. The summed E-state index contributed by atoms with van der Waals surface area (Å²) in [5.41, 5.74) is 3.84. The summed E-state index contributed by atoms with van der Waals surface area (Å²) in [6.45, 7) is 3.51. The lowest BCUT2D eigenvalue weighted by Gasteiger charge is -2.17. The number of nitrogens with one attached hydrogen (secondary N) is 1. The van der Waals surface area contributed by atoms with Crippen molar-refractivity contribution in [3.8, 4) is 0 Å². The number of hydrogen-bond acceptors (Lipinski definition) is 3. The number of nitrogens with two attached hydrogens (primary N) is 1. The molecule has 3 nitrogen and oxygen atoms in total. The molecule has 1 atom stereocenters. The van der Waals surface area contributed by atoms with Crippen molar-refractivity contribution in [2.75, 3.05) is 13.2 Å². The second-order valence-corrected chi connectivity index (χ2v) is 3.99. The third-order valence-electron chi connectivity index (χ3n) is 2.47. The van der Waals surface area contributed by atoms with E-state index in [9.17, 15) is 0 Å². The van der Waals surface area contributed by atoms with Gasteiger partial charge in [-0.05, 0) is 31.4 Å². The van der Waals surface area contributed by atoms with Crippen molar-refractivity contribution in [2.24, 2.45) is 5.84 Å². The van der Waals surface area contributed by atoms with Crippen LogP contribution >= 0.6 is 11.6 Å². The van der Waals surface area contributed by atoms with Crippen molar-refractivity contribution in [2.45, 2.75) is 25.8 Å². The number of hydrogen-bond donors (Lipinski definition) is 2. The molecule has 0 amide bonds. The zero-order valence-electron chi connectivity index (χ0n) is 9.58. The molecule has 0 aliphatic rings. The summed E-state index contributed by atoms with van der Waals surface area (Å²) in [4.78, 5) is 0.